The minimum Gasteiger partial charge on any atom is -0.248 e. The zero-order valence-electron chi connectivity index (χ0n) is 11.4. The number of rotatable bonds is 2. The molecule has 0 spiro atoms. The molecular weight excluding hydrogens is 340 g/mol. The zero-order chi connectivity index (χ0) is 15.3. The summed E-state index contributed by atoms with van der Waals surface area (Å²) in [5, 5.41) is 1.03. The Balaban J connectivity index is 1.86. The molecule has 0 N–H and O–H groups in total. The summed E-state index contributed by atoms with van der Waals surface area (Å²) >= 11 is 6.94. The lowest BCUT2D eigenvalue weighted by Gasteiger charge is -2.17. The Morgan fingerprint density at radius 2 is 2.00 bits per heavy atom. The first-order valence-electron chi connectivity index (χ1n) is 6.72. The number of benzene rings is 1. The third kappa shape index (κ3) is 2.10. The molecule has 0 fully saturated rings. The zero-order valence-corrected chi connectivity index (χ0v) is 13.7. The van der Waals surface area contributed by atoms with E-state index in [4.69, 9.17) is 11.6 Å². The molecule has 0 saturated heterocycles. The van der Waals surface area contributed by atoms with Crippen LogP contribution in [0.3, 0.4) is 0 Å². The molecule has 0 atom stereocenters. The van der Waals surface area contributed by atoms with Crippen LogP contribution in [-0.2, 0) is 16.4 Å². The molecule has 1 aromatic carbocycles. The second-order valence-corrected chi connectivity index (χ2v) is 8.85. The van der Waals surface area contributed by atoms with Crippen molar-refractivity contribution in [2.75, 3.05) is 10.8 Å². The van der Waals surface area contributed by atoms with Gasteiger partial charge in [0.15, 0.2) is 0 Å². The average molecular weight is 351 g/mol. The van der Waals surface area contributed by atoms with Crippen LogP contribution >= 0.6 is 22.9 Å². The van der Waals surface area contributed by atoms with Crippen molar-refractivity contribution < 1.29 is 8.42 Å². The van der Waals surface area contributed by atoms with E-state index >= 15 is 0 Å². The fourth-order valence-electron chi connectivity index (χ4n) is 2.66. The van der Waals surface area contributed by atoms with Gasteiger partial charge in [0, 0.05) is 11.9 Å². The molecule has 1 aliphatic heterocycles. The van der Waals surface area contributed by atoms with Crippen LogP contribution in [0.4, 0.5) is 5.82 Å². The lowest BCUT2D eigenvalue weighted by atomic mass is 10.1. The molecule has 0 aliphatic carbocycles. The highest BCUT2D eigenvalue weighted by Gasteiger charge is 2.33. The Bertz CT molecular complexity index is 982. The van der Waals surface area contributed by atoms with Gasteiger partial charge < -0.3 is 0 Å². The largest absolute Gasteiger partial charge is 0.275 e. The van der Waals surface area contributed by atoms with Crippen LogP contribution in [0.1, 0.15) is 5.56 Å². The third-order valence-corrected chi connectivity index (χ3v) is 7.18. The monoisotopic (exact) mass is 350 g/mol. The number of halogens is 1. The van der Waals surface area contributed by atoms with Crippen molar-refractivity contribution in [1.29, 1.82) is 0 Å². The molecule has 3 heterocycles. The summed E-state index contributed by atoms with van der Waals surface area (Å²) in [6.45, 7) is 0.413. The number of thiophene rings is 1. The van der Waals surface area contributed by atoms with E-state index < -0.39 is 10.0 Å². The standard InChI is InChI=1S/C15H11ClN2O2S2/c16-13-5-6-14(21-13)22(19,20)18-8-7-11-9-10-3-1-2-4-12(10)17-15(11)18/h1-6,9H,7-8H2. The number of fused-ring (bicyclic) bond motifs is 2. The predicted octanol–water partition coefficient (Wildman–Crippen LogP) is 3.70. The van der Waals surface area contributed by atoms with E-state index in [0.717, 1.165) is 27.8 Å². The van der Waals surface area contributed by atoms with Crippen LogP contribution in [0, 0.1) is 0 Å². The molecule has 4 rings (SSSR count). The maximum atomic E-state index is 12.8. The van der Waals surface area contributed by atoms with E-state index in [-0.39, 0.29) is 4.21 Å². The van der Waals surface area contributed by atoms with Gasteiger partial charge in [-0.25, -0.2) is 17.7 Å². The summed E-state index contributed by atoms with van der Waals surface area (Å²) in [6, 6.07) is 12.9. The molecule has 0 unspecified atom stereocenters. The number of sulfonamides is 1. The maximum Gasteiger partial charge on any atom is 0.275 e. The van der Waals surface area contributed by atoms with Gasteiger partial charge >= 0.3 is 0 Å². The fraction of sp³-hybridized carbons (Fsp3) is 0.133. The molecule has 4 nitrogen and oxygen atoms in total. The van der Waals surface area contributed by atoms with E-state index in [1.165, 1.54) is 4.31 Å². The SMILES string of the molecule is O=S(=O)(c1ccc(Cl)s1)N1CCc2cc3ccccc3nc21. The Labute approximate surface area is 137 Å². The molecule has 2 aromatic heterocycles. The fourth-order valence-corrected chi connectivity index (χ4v) is 5.71. The molecule has 0 radical (unpaired) electrons. The topological polar surface area (TPSA) is 50.3 Å². The summed E-state index contributed by atoms with van der Waals surface area (Å²) in [5.41, 5.74) is 1.76. The van der Waals surface area contributed by atoms with Crippen LogP contribution in [-0.4, -0.2) is 19.9 Å². The van der Waals surface area contributed by atoms with Gasteiger partial charge in [0.25, 0.3) is 10.0 Å². The van der Waals surface area contributed by atoms with Crippen molar-refractivity contribution in [3.8, 4) is 0 Å². The van der Waals surface area contributed by atoms with Gasteiger partial charge in [0.1, 0.15) is 10.0 Å². The summed E-state index contributed by atoms with van der Waals surface area (Å²) < 4.78 is 27.7. The van der Waals surface area contributed by atoms with Crippen molar-refractivity contribution in [2.45, 2.75) is 10.6 Å². The van der Waals surface area contributed by atoms with Gasteiger partial charge in [-0.3, -0.25) is 0 Å². The molecule has 7 heteroatoms. The predicted molar refractivity (Wildman–Crippen MR) is 89.3 cm³/mol. The van der Waals surface area contributed by atoms with Crippen molar-refractivity contribution in [3.05, 3.63) is 52.4 Å². The van der Waals surface area contributed by atoms with Gasteiger partial charge in [0.2, 0.25) is 0 Å². The second-order valence-electron chi connectivity index (χ2n) is 5.05. The number of hydrogen-bond acceptors (Lipinski definition) is 4. The number of anilines is 1. The van der Waals surface area contributed by atoms with Crippen LogP contribution in [0.5, 0.6) is 0 Å². The molecule has 0 saturated carbocycles. The number of nitrogens with zero attached hydrogens (tertiary/aromatic N) is 2. The van der Waals surface area contributed by atoms with Gasteiger partial charge in [-0.15, -0.1) is 11.3 Å². The van der Waals surface area contributed by atoms with Crippen molar-refractivity contribution in [2.24, 2.45) is 0 Å². The Morgan fingerprint density at radius 3 is 2.77 bits per heavy atom. The minimum absolute atomic E-state index is 0.250. The maximum absolute atomic E-state index is 12.8. The average Bonchev–Trinajstić information content (AvgIpc) is 3.11. The van der Waals surface area contributed by atoms with Gasteiger partial charge in [0.05, 0.1) is 9.85 Å². The number of pyridine rings is 1. The molecule has 3 aromatic rings. The number of hydrogen-bond donors (Lipinski definition) is 0. The van der Waals surface area contributed by atoms with E-state index in [0.29, 0.717) is 23.1 Å². The van der Waals surface area contributed by atoms with Crippen molar-refractivity contribution >= 4 is 49.7 Å². The van der Waals surface area contributed by atoms with Crippen molar-refractivity contribution in [1.82, 2.24) is 4.98 Å². The first kappa shape index (κ1) is 14.0. The lowest BCUT2D eigenvalue weighted by Crippen LogP contribution is -2.29. The summed E-state index contributed by atoms with van der Waals surface area (Å²) in [4.78, 5) is 4.55. The van der Waals surface area contributed by atoms with Gasteiger partial charge in [-0.05, 0) is 36.2 Å². The Hall–Kier alpha value is -1.63. The quantitative estimate of drug-likeness (QED) is 0.708. The molecule has 1 aliphatic rings. The first-order chi connectivity index (χ1) is 10.6. The Morgan fingerprint density at radius 1 is 1.18 bits per heavy atom. The summed E-state index contributed by atoms with van der Waals surface area (Å²) in [6.07, 6.45) is 0.672. The normalized spacial score (nSPS) is 14.5. The van der Waals surface area contributed by atoms with E-state index in [2.05, 4.69) is 4.98 Å². The highest BCUT2D eigenvalue weighted by atomic mass is 35.5. The Kier molecular flexibility index (Phi) is 3.14. The van der Waals surface area contributed by atoms with Crippen LogP contribution in [0.15, 0.2) is 46.7 Å². The molecule has 22 heavy (non-hydrogen) atoms. The summed E-state index contributed by atoms with van der Waals surface area (Å²) in [7, 11) is -3.60. The number of aromatic nitrogens is 1. The lowest BCUT2D eigenvalue weighted by molar-refractivity contribution is 0.594. The molecular formula is C15H11ClN2O2S2. The highest BCUT2D eigenvalue weighted by Crippen LogP contribution is 2.36. The van der Waals surface area contributed by atoms with Crippen LogP contribution < -0.4 is 4.31 Å². The van der Waals surface area contributed by atoms with Gasteiger partial charge in [-0.1, -0.05) is 29.8 Å². The minimum atomic E-state index is -3.60. The second kappa shape index (κ2) is 4.94. The first-order valence-corrected chi connectivity index (χ1v) is 9.36. The molecule has 112 valence electrons. The highest BCUT2D eigenvalue weighted by molar-refractivity contribution is 7.94. The molecule has 0 amide bonds. The van der Waals surface area contributed by atoms with Crippen LogP contribution in [0.2, 0.25) is 4.34 Å². The van der Waals surface area contributed by atoms with E-state index in [9.17, 15) is 8.42 Å². The third-order valence-electron chi connectivity index (χ3n) is 3.69. The summed E-state index contributed by atoms with van der Waals surface area (Å²) in [5.74, 6) is 0.531. The smallest absolute Gasteiger partial charge is 0.248 e. The van der Waals surface area contributed by atoms with Crippen LogP contribution in [0.25, 0.3) is 10.9 Å². The van der Waals surface area contributed by atoms with Crippen molar-refractivity contribution in [3.63, 3.8) is 0 Å². The molecule has 0 bridgehead atoms. The van der Waals surface area contributed by atoms with E-state index in [1.807, 2.05) is 30.3 Å². The van der Waals surface area contributed by atoms with E-state index in [1.54, 1.807) is 12.1 Å². The van der Waals surface area contributed by atoms with Gasteiger partial charge in [-0.2, -0.15) is 0 Å². The number of para-hydroxylation sites is 1.